The Kier molecular flexibility index (Phi) is 3.51. The summed E-state index contributed by atoms with van der Waals surface area (Å²) in [4.78, 5) is 3.15. The van der Waals surface area contributed by atoms with Crippen LogP contribution in [0.1, 0.15) is 19.5 Å². The van der Waals surface area contributed by atoms with Crippen LogP contribution in [-0.4, -0.2) is 18.1 Å². The van der Waals surface area contributed by atoms with Gasteiger partial charge in [-0.15, -0.1) is 0 Å². The van der Waals surface area contributed by atoms with E-state index in [1.807, 2.05) is 12.3 Å². The highest BCUT2D eigenvalue weighted by Gasteiger charge is 2.14. The van der Waals surface area contributed by atoms with Crippen molar-refractivity contribution in [2.24, 2.45) is 11.1 Å². The molecule has 3 nitrogen and oxygen atoms in total. The van der Waals surface area contributed by atoms with Crippen LogP contribution in [-0.2, 0) is 6.54 Å². The molecule has 0 fully saturated rings. The Labute approximate surface area is 79.7 Å². The van der Waals surface area contributed by atoms with E-state index in [4.69, 9.17) is 5.73 Å². The van der Waals surface area contributed by atoms with Crippen molar-refractivity contribution in [3.63, 3.8) is 0 Å². The topological polar surface area (TPSA) is 53.8 Å². The molecule has 1 rings (SSSR count). The molecule has 1 heterocycles. The van der Waals surface area contributed by atoms with Crippen LogP contribution in [0.4, 0.5) is 0 Å². The van der Waals surface area contributed by atoms with Gasteiger partial charge in [0.15, 0.2) is 0 Å². The van der Waals surface area contributed by atoms with Gasteiger partial charge in [-0.1, -0.05) is 13.8 Å². The maximum atomic E-state index is 5.62. The molecule has 1 aromatic heterocycles. The maximum absolute atomic E-state index is 5.62. The first kappa shape index (κ1) is 10.3. The van der Waals surface area contributed by atoms with Crippen molar-refractivity contribution in [2.45, 2.75) is 20.4 Å². The predicted octanol–water partition coefficient (Wildman–Crippen LogP) is 1.09. The lowest BCUT2D eigenvalue weighted by atomic mass is 9.94. The molecule has 0 bridgehead atoms. The number of aromatic amines is 1. The fraction of sp³-hybridized carbons (Fsp3) is 0.600. The lowest BCUT2D eigenvalue weighted by Gasteiger charge is -2.22. The Morgan fingerprint density at radius 1 is 1.54 bits per heavy atom. The molecular weight excluding hydrogens is 162 g/mol. The van der Waals surface area contributed by atoms with Crippen molar-refractivity contribution in [3.05, 3.63) is 24.0 Å². The number of rotatable bonds is 5. The molecule has 0 spiro atoms. The lowest BCUT2D eigenvalue weighted by Crippen LogP contribution is -2.35. The van der Waals surface area contributed by atoms with E-state index < -0.39 is 0 Å². The van der Waals surface area contributed by atoms with Crippen LogP contribution in [0, 0.1) is 5.41 Å². The van der Waals surface area contributed by atoms with Gasteiger partial charge in [0, 0.05) is 25.0 Å². The molecule has 0 aliphatic heterocycles. The molecule has 0 saturated carbocycles. The van der Waals surface area contributed by atoms with Gasteiger partial charge < -0.3 is 16.0 Å². The molecular formula is C10H19N3. The Morgan fingerprint density at radius 3 is 2.85 bits per heavy atom. The summed E-state index contributed by atoms with van der Waals surface area (Å²) >= 11 is 0. The highest BCUT2D eigenvalue weighted by Crippen LogP contribution is 2.10. The second-order valence-electron chi connectivity index (χ2n) is 4.17. The summed E-state index contributed by atoms with van der Waals surface area (Å²) in [6, 6.07) is 4.08. The van der Waals surface area contributed by atoms with Gasteiger partial charge in [0.2, 0.25) is 0 Å². The molecule has 0 aromatic carbocycles. The Balaban J connectivity index is 2.21. The first-order valence-corrected chi connectivity index (χ1v) is 4.67. The molecule has 0 atom stereocenters. The number of nitrogens with one attached hydrogen (secondary N) is 2. The fourth-order valence-electron chi connectivity index (χ4n) is 1.09. The molecule has 74 valence electrons. The average molecular weight is 181 g/mol. The number of aromatic nitrogens is 1. The second-order valence-corrected chi connectivity index (χ2v) is 4.17. The van der Waals surface area contributed by atoms with Gasteiger partial charge in [0.25, 0.3) is 0 Å². The zero-order valence-corrected chi connectivity index (χ0v) is 8.43. The van der Waals surface area contributed by atoms with E-state index in [2.05, 4.69) is 30.2 Å². The smallest absolute Gasteiger partial charge is 0.0357 e. The molecule has 13 heavy (non-hydrogen) atoms. The summed E-state index contributed by atoms with van der Waals surface area (Å²) in [7, 11) is 0. The van der Waals surface area contributed by atoms with Crippen LogP contribution in [0.25, 0.3) is 0 Å². The van der Waals surface area contributed by atoms with E-state index in [9.17, 15) is 0 Å². The van der Waals surface area contributed by atoms with Gasteiger partial charge in [-0.05, 0) is 24.1 Å². The van der Waals surface area contributed by atoms with E-state index in [-0.39, 0.29) is 5.41 Å². The summed E-state index contributed by atoms with van der Waals surface area (Å²) in [6.07, 6.45) is 1.94. The zero-order chi connectivity index (χ0) is 9.73. The molecule has 1 aromatic rings. The van der Waals surface area contributed by atoms with Gasteiger partial charge in [-0.25, -0.2) is 0 Å². The largest absolute Gasteiger partial charge is 0.364 e. The third-order valence-electron chi connectivity index (χ3n) is 2.13. The van der Waals surface area contributed by atoms with Crippen LogP contribution >= 0.6 is 0 Å². The van der Waals surface area contributed by atoms with Crippen molar-refractivity contribution < 1.29 is 0 Å². The molecule has 0 amide bonds. The summed E-state index contributed by atoms with van der Waals surface area (Å²) in [5, 5.41) is 3.37. The van der Waals surface area contributed by atoms with Crippen LogP contribution in [0.2, 0.25) is 0 Å². The van der Waals surface area contributed by atoms with Gasteiger partial charge in [0.05, 0.1) is 0 Å². The van der Waals surface area contributed by atoms with Crippen LogP contribution in [0.3, 0.4) is 0 Å². The van der Waals surface area contributed by atoms with Crippen molar-refractivity contribution in [1.29, 1.82) is 0 Å². The summed E-state index contributed by atoms with van der Waals surface area (Å²) < 4.78 is 0. The third-order valence-corrected chi connectivity index (χ3v) is 2.13. The van der Waals surface area contributed by atoms with E-state index in [0.717, 1.165) is 13.1 Å². The van der Waals surface area contributed by atoms with Crippen molar-refractivity contribution in [2.75, 3.05) is 13.1 Å². The molecule has 0 radical (unpaired) electrons. The highest BCUT2D eigenvalue weighted by atomic mass is 14.9. The monoisotopic (exact) mass is 181 g/mol. The summed E-state index contributed by atoms with van der Waals surface area (Å²) in [5.41, 5.74) is 7.02. The quantitative estimate of drug-likeness (QED) is 0.637. The minimum Gasteiger partial charge on any atom is -0.364 e. The lowest BCUT2D eigenvalue weighted by molar-refractivity contribution is 0.350. The van der Waals surface area contributed by atoms with Crippen LogP contribution in [0.15, 0.2) is 18.3 Å². The summed E-state index contributed by atoms with van der Waals surface area (Å²) in [6.45, 7) is 6.87. The van der Waals surface area contributed by atoms with Crippen LogP contribution < -0.4 is 11.1 Å². The number of H-pyrrole nitrogens is 1. The zero-order valence-electron chi connectivity index (χ0n) is 8.43. The minimum absolute atomic E-state index is 0.187. The van der Waals surface area contributed by atoms with Crippen molar-refractivity contribution >= 4 is 0 Å². The van der Waals surface area contributed by atoms with Gasteiger partial charge >= 0.3 is 0 Å². The van der Waals surface area contributed by atoms with E-state index in [1.165, 1.54) is 5.69 Å². The molecule has 4 N–H and O–H groups in total. The average Bonchev–Trinajstić information content (AvgIpc) is 2.57. The highest BCUT2D eigenvalue weighted by molar-refractivity contribution is 5.02. The fourth-order valence-corrected chi connectivity index (χ4v) is 1.09. The molecule has 3 heteroatoms. The molecule has 0 saturated heterocycles. The van der Waals surface area contributed by atoms with Crippen molar-refractivity contribution in [1.82, 2.24) is 10.3 Å². The maximum Gasteiger partial charge on any atom is 0.0357 e. The van der Waals surface area contributed by atoms with Crippen LogP contribution in [0.5, 0.6) is 0 Å². The molecule has 0 aliphatic carbocycles. The standard InChI is InChI=1S/C10H19N3/c1-10(2,7-11)8-12-6-9-4-3-5-13-9/h3-5,12-13H,6-8,11H2,1-2H3. The minimum atomic E-state index is 0.187. The Hall–Kier alpha value is -0.800. The number of nitrogens with two attached hydrogens (primary N) is 1. The first-order chi connectivity index (χ1) is 6.14. The number of hydrogen-bond acceptors (Lipinski definition) is 2. The Bertz CT molecular complexity index is 226. The molecule has 0 unspecified atom stereocenters. The predicted molar refractivity (Wildman–Crippen MR) is 55.3 cm³/mol. The SMILES string of the molecule is CC(C)(CN)CNCc1ccc[nH]1. The first-order valence-electron chi connectivity index (χ1n) is 4.67. The molecule has 0 aliphatic rings. The van der Waals surface area contributed by atoms with Gasteiger partial charge in [0.1, 0.15) is 0 Å². The van der Waals surface area contributed by atoms with Crippen molar-refractivity contribution in [3.8, 4) is 0 Å². The Morgan fingerprint density at radius 2 is 2.31 bits per heavy atom. The second kappa shape index (κ2) is 4.44. The van der Waals surface area contributed by atoms with E-state index in [1.54, 1.807) is 0 Å². The number of hydrogen-bond donors (Lipinski definition) is 3. The summed E-state index contributed by atoms with van der Waals surface area (Å²) in [5.74, 6) is 0. The third kappa shape index (κ3) is 3.61. The van der Waals surface area contributed by atoms with E-state index >= 15 is 0 Å². The van der Waals surface area contributed by atoms with Gasteiger partial charge in [-0.2, -0.15) is 0 Å². The van der Waals surface area contributed by atoms with E-state index in [0.29, 0.717) is 6.54 Å². The normalized spacial score (nSPS) is 11.9. The van der Waals surface area contributed by atoms with Gasteiger partial charge in [-0.3, -0.25) is 0 Å².